The van der Waals surface area contributed by atoms with Crippen molar-refractivity contribution in [1.82, 2.24) is 14.5 Å². The maximum atomic E-state index is 13.8. The number of unbranched alkanes of at least 4 members (excludes halogenated alkanes) is 1. The lowest BCUT2D eigenvalue weighted by atomic mass is 9.96. The molecule has 3 rings (SSSR count). The van der Waals surface area contributed by atoms with Gasteiger partial charge in [-0.25, -0.2) is 4.98 Å². The molecule has 0 aliphatic carbocycles. The van der Waals surface area contributed by atoms with Gasteiger partial charge < -0.3 is 9.64 Å². The van der Waals surface area contributed by atoms with Crippen molar-refractivity contribution in [1.29, 1.82) is 0 Å². The van der Waals surface area contributed by atoms with Crippen molar-refractivity contribution >= 4 is 28.4 Å². The number of methoxy groups -OCH3 is 1. The maximum Gasteiger partial charge on any atom is 0.266 e. The van der Waals surface area contributed by atoms with Crippen LogP contribution in [0.15, 0.2) is 53.3 Å². The minimum Gasteiger partial charge on any atom is -0.385 e. The minimum atomic E-state index is -0.414. The number of benzene rings is 2. The van der Waals surface area contributed by atoms with Crippen LogP contribution in [0.5, 0.6) is 0 Å². The van der Waals surface area contributed by atoms with Crippen LogP contribution in [0.1, 0.15) is 64.7 Å². The van der Waals surface area contributed by atoms with Crippen molar-refractivity contribution in [3.8, 4) is 5.69 Å². The minimum absolute atomic E-state index is 0.0592. The maximum absolute atomic E-state index is 13.8. The molecule has 1 amide bonds. The number of carbonyl (C=O) groups excluding carboxylic acids is 1. The number of para-hydroxylation sites is 1. The number of ether oxygens (including phenoxy) is 1. The van der Waals surface area contributed by atoms with Crippen molar-refractivity contribution in [3.05, 3.63) is 69.7 Å². The fourth-order valence-corrected chi connectivity index (χ4v) is 4.60. The summed E-state index contributed by atoms with van der Waals surface area (Å²) in [4.78, 5) is 34.3. The Morgan fingerprint density at radius 2 is 1.83 bits per heavy atom. The number of carbonyl (C=O) groups is 1. The molecule has 0 aliphatic rings. The van der Waals surface area contributed by atoms with Crippen molar-refractivity contribution in [2.24, 2.45) is 5.92 Å². The molecule has 0 radical (unpaired) electrons. The first-order valence-electron chi connectivity index (χ1n) is 12.5. The van der Waals surface area contributed by atoms with E-state index in [1.807, 2.05) is 42.2 Å². The van der Waals surface area contributed by atoms with Gasteiger partial charge in [-0.3, -0.25) is 14.2 Å². The van der Waals surface area contributed by atoms with Crippen LogP contribution < -0.4 is 5.56 Å². The largest absolute Gasteiger partial charge is 0.385 e. The molecule has 6 nitrogen and oxygen atoms in total. The van der Waals surface area contributed by atoms with E-state index >= 15 is 0 Å². The van der Waals surface area contributed by atoms with E-state index in [1.165, 1.54) is 0 Å². The highest BCUT2D eigenvalue weighted by atomic mass is 35.5. The van der Waals surface area contributed by atoms with Crippen LogP contribution in [-0.4, -0.2) is 40.6 Å². The summed E-state index contributed by atoms with van der Waals surface area (Å²) in [6.07, 6.45) is 4.39. The van der Waals surface area contributed by atoms with E-state index in [9.17, 15) is 9.59 Å². The monoisotopic (exact) mass is 497 g/mol. The SMILES string of the molecule is CCCCC(CC)C(=O)N(CCCOC)C(C)c1nc2ccccc2c(=O)n1-c1ccc(Cl)cc1. The lowest BCUT2D eigenvalue weighted by molar-refractivity contribution is -0.138. The van der Waals surface area contributed by atoms with Crippen molar-refractivity contribution in [2.45, 2.75) is 58.9 Å². The number of nitrogens with zero attached hydrogens (tertiary/aromatic N) is 3. The standard InChI is InChI=1S/C28H36ClN3O3/c1-5-7-11-21(6-2)27(33)31(18-10-19-35-4)20(3)26-30-25-13-9-8-12-24(25)28(34)32(26)23-16-14-22(29)15-17-23/h8-9,12-17,20-21H,5-7,10-11,18-19H2,1-4H3. The Bertz CT molecular complexity index is 1180. The first kappa shape index (κ1) is 26.9. The number of hydrogen-bond acceptors (Lipinski definition) is 4. The average molecular weight is 498 g/mol. The molecule has 0 N–H and O–H groups in total. The van der Waals surface area contributed by atoms with E-state index in [0.29, 0.717) is 47.0 Å². The van der Waals surface area contributed by atoms with E-state index < -0.39 is 6.04 Å². The molecule has 3 aromatic rings. The first-order valence-corrected chi connectivity index (χ1v) is 12.9. The molecule has 0 fully saturated rings. The normalized spacial score (nSPS) is 13.1. The van der Waals surface area contributed by atoms with Crippen LogP contribution in [0, 0.1) is 5.92 Å². The van der Waals surface area contributed by atoms with Gasteiger partial charge in [0, 0.05) is 31.2 Å². The topological polar surface area (TPSA) is 64.4 Å². The summed E-state index contributed by atoms with van der Waals surface area (Å²) < 4.78 is 6.89. The first-order chi connectivity index (χ1) is 16.9. The zero-order valence-electron chi connectivity index (χ0n) is 21.2. The Morgan fingerprint density at radius 3 is 2.49 bits per heavy atom. The summed E-state index contributed by atoms with van der Waals surface area (Å²) in [7, 11) is 1.66. The molecule has 0 saturated carbocycles. The predicted octanol–water partition coefficient (Wildman–Crippen LogP) is 6.18. The second-order valence-corrected chi connectivity index (χ2v) is 9.34. The predicted molar refractivity (Wildman–Crippen MR) is 142 cm³/mol. The number of fused-ring (bicyclic) bond motifs is 1. The van der Waals surface area contributed by atoms with E-state index in [0.717, 1.165) is 25.7 Å². The van der Waals surface area contributed by atoms with E-state index in [-0.39, 0.29) is 17.4 Å². The van der Waals surface area contributed by atoms with Crippen LogP contribution in [0.25, 0.3) is 16.6 Å². The van der Waals surface area contributed by atoms with Gasteiger partial charge in [0.1, 0.15) is 5.82 Å². The number of aromatic nitrogens is 2. The Labute approximate surface area is 212 Å². The van der Waals surface area contributed by atoms with Crippen LogP contribution in [0.3, 0.4) is 0 Å². The summed E-state index contributed by atoms with van der Waals surface area (Å²) >= 11 is 6.12. The van der Waals surface area contributed by atoms with Gasteiger partial charge in [0.05, 0.1) is 22.6 Å². The zero-order chi connectivity index (χ0) is 25.4. The van der Waals surface area contributed by atoms with Gasteiger partial charge in [0.15, 0.2) is 0 Å². The Morgan fingerprint density at radius 1 is 1.11 bits per heavy atom. The third-order valence-electron chi connectivity index (χ3n) is 6.51. The molecule has 7 heteroatoms. The van der Waals surface area contributed by atoms with E-state index in [1.54, 1.807) is 29.9 Å². The molecule has 2 aromatic carbocycles. The van der Waals surface area contributed by atoms with E-state index in [4.69, 9.17) is 21.3 Å². The second-order valence-electron chi connectivity index (χ2n) is 8.91. The molecule has 2 unspecified atom stereocenters. The van der Waals surface area contributed by atoms with Crippen LogP contribution in [0.4, 0.5) is 0 Å². The molecular formula is C28H36ClN3O3. The molecule has 0 bridgehead atoms. The van der Waals surface area contributed by atoms with Crippen LogP contribution >= 0.6 is 11.6 Å². The number of rotatable bonds is 12. The van der Waals surface area contributed by atoms with Crippen LogP contribution in [-0.2, 0) is 9.53 Å². The summed E-state index contributed by atoms with van der Waals surface area (Å²) in [6.45, 7) is 7.24. The van der Waals surface area contributed by atoms with Gasteiger partial charge in [0.2, 0.25) is 5.91 Å². The molecular weight excluding hydrogens is 462 g/mol. The molecule has 188 valence electrons. The summed E-state index contributed by atoms with van der Waals surface area (Å²) in [5.41, 5.74) is 1.12. The molecule has 0 aliphatic heterocycles. The molecule has 0 saturated heterocycles. The van der Waals surface area contributed by atoms with Crippen molar-refractivity contribution < 1.29 is 9.53 Å². The van der Waals surface area contributed by atoms with Gasteiger partial charge in [-0.2, -0.15) is 0 Å². The number of halogens is 1. The zero-order valence-corrected chi connectivity index (χ0v) is 21.9. The Hall–Kier alpha value is -2.70. The Kier molecular flexibility index (Phi) is 9.87. The van der Waals surface area contributed by atoms with Gasteiger partial charge >= 0.3 is 0 Å². The van der Waals surface area contributed by atoms with Gasteiger partial charge in [0.25, 0.3) is 5.56 Å². The lowest BCUT2D eigenvalue weighted by Gasteiger charge is -2.33. The molecule has 35 heavy (non-hydrogen) atoms. The van der Waals surface area contributed by atoms with Crippen LogP contribution in [0.2, 0.25) is 5.02 Å². The highest BCUT2D eigenvalue weighted by Crippen LogP contribution is 2.27. The third kappa shape index (κ3) is 6.30. The molecule has 1 heterocycles. The summed E-state index contributed by atoms with van der Waals surface area (Å²) in [6, 6.07) is 14.0. The third-order valence-corrected chi connectivity index (χ3v) is 6.76. The van der Waals surface area contributed by atoms with Gasteiger partial charge in [-0.05, 0) is 62.6 Å². The number of amides is 1. The highest BCUT2D eigenvalue weighted by Gasteiger charge is 2.30. The fraction of sp³-hybridized carbons (Fsp3) is 0.464. The summed E-state index contributed by atoms with van der Waals surface area (Å²) in [5.74, 6) is 0.581. The molecule has 0 spiro atoms. The fourth-order valence-electron chi connectivity index (χ4n) is 4.47. The second kappa shape index (κ2) is 12.8. The van der Waals surface area contributed by atoms with Gasteiger partial charge in [-0.15, -0.1) is 0 Å². The quantitative estimate of drug-likeness (QED) is 0.280. The number of hydrogen-bond donors (Lipinski definition) is 0. The highest BCUT2D eigenvalue weighted by molar-refractivity contribution is 6.30. The lowest BCUT2D eigenvalue weighted by Crippen LogP contribution is -2.41. The van der Waals surface area contributed by atoms with Gasteiger partial charge in [-0.1, -0.05) is 50.4 Å². The summed E-state index contributed by atoms with van der Waals surface area (Å²) in [5, 5.41) is 1.12. The van der Waals surface area contributed by atoms with Crippen molar-refractivity contribution in [3.63, 3.8) is 0 Å². The van der Waals surface area contributed by atoms with Crippen molar-refractivity contribution in [2.75, 3.05) is 20.3 Å². The van der Waals surface area contributed by atoms with E-state index in [2.05, 4.69) is 13.8 Å². The molecule has 2 atom stereocenters. The molecule has 1 aromatic heterocycles. The smallest absolute Gasteiger partial charge is 0.266 e. The average Bonchev–Trinajstić information content (AvgIpc) is 2.87. The Balaban J connectivity index is 2.15.